The van der Waals surface area contributed by atoms with Crippen molar-refractivity contribution in [2.45, 2.75) is 13.3 Å². The molecule has 0 heterocycles. The molecule has 0 atom stereocenters. The Balaban J connectivity index is 2.61. The summed E-state index contributed by atoms with van der Waals surface area (Å²) >= 11 is 0. The monoisotopic (exact) mass is 208 g/mol. The van der Waals surface area contributed by atoms with Gasteiger partial charge in [0.2, 0.25) is 0 Å². The second-order valence-electron chi connectivity index (χ2n) is 3.03. The molecular weight excluding hydrogens is 192 g/mol. The number of methoxy groups -OCH3 is 1. The standard InChI is InChI=1S/C11H16N2O2/c1-3-9(8-14)12-13-10-4-6-11(15-2)7-5-10/h4-7,13-14H,3,8H2,1-2H3. The first-order valence-corrected chi connectivity index (χ1v) is 4.86. The first-order valence-electron chi connectivity index (χ1n) is 4.86. The van der Waals surface area contributed by atoms with Crippen LogP contribution in [0.1, 0.15) is 13.3 Å². The Hall–Kier alpha value is -1.55. The summed E-state index contributed by atoms with van der Waals surface area (Å²) in [6.07, 6.45) is 0.736. The van der Waals surface area contributed by atoms with E-state index in [9.17, 15) is 0 Å². The van der Waals surface area contributed by atoms with Crippen LogP contribution >= 0.6 is 0 Å². The van der Waals surface area contributed by atoms with Crippen LogP contribution in [0.2, 0.25) is 0 Å². The third-order valence-corrected chi connectivity index (χ3v) is 2.02. The van der Waals surface area contributed by atoms with E-state index in [0.717, 1.165) is 23.6 Å². The molecule has 0 unspecified atom stereocenters. The molecule has 4 nitrogen and oxygen atoms in total. The van der Waals surface area contributed by atoms with Crippen molar-refractivity contribution in [2.24, 2.45) is 5.10 Å². The molecule has 0 saturated heterocycles. The molecule has 0 bridgehead atoms. The Morgan fingerprint density at radius 1 is 1.40 bits per heavy atom. The quantitative estimate of drug-likeness (QED) is 0.573. The van der Waals surface area contributed by atoms with Gasteiger partial charge >= 0.3 is 0 Å². The van der Waals surface area contributed by atoms with Crippen LogP contribution in [0.4, 0.5) is 5.69 Å². The molecule has 0 aromatic heterocycles. The van der Waals surface area contributed by atoms with Gasteiger partial charge in [-0.1, -0.05) is 6.92 Å². The molecule has 0 aliphatic heterocycles. The number of ether oxygens (including phenoxy) is 1. The van der Waals surface area contributed by atoms with E-state index in [1.54, 1.807) is 7.11 Å². The molecular formula is C11H16N2O2. The molecule has 1 rings (SSSR count). The molecule has 1 aromatic carbocycles. The van der Waals surface area contributed by atoms with E-state index in [0.29, 0.717) is 0 Å². The van der Waals surface area contributed by atoms with Crippen molar-refractivity contribution < 1.29 is 9.84 Å². The molecule has 0 aliphatic rings. The van der Waals surface area contributed by atoms with Gasteiger partial charge in [-0.3, -0.25) is 5.43 Å². The Morgan fingerprint density at radius 3 is 2.53 bits per heavy atom. The summed E-state index contributed by atoms with van der Waals surface area (Å²) in [6.45, 7) is 1.93. The second kappa shape index (κ2) is 6.03. The van der Waals surface area contributed by atoms with Crippen LogP contribution in [0.3, 0.4) is 0 Å². The molecule has 0 amide bonds. The van der Waals surface area contributed by atoms with Crippen LogP contribution in [0.5, 0.6) is 5.75 Å². The highest BCUT2D eigenvalue weighted by Gasteiger charge is 1.94. The number of anilines is 1. The fraction of sp³-hybridized carbons (Fsp3) is 0.364. The van der Waals surface area contributed by atoms with Gasteiger partial charge in [0, 0.05) is 0 Å². The zero-order valence-electron chi connectivity index (χ0n) is 9.03. The van der Waals surface area contributed by atoms with E-state index in [2.05, 4.69) is 10.5 Å². The van der Waals surface area contributed by atoms with Crippen LogP contribution in [-0.2, 0) is 0 Å². The lowest BCUT2D eigenvalue weighted by atomic mass is 10.3. The summed E-state index contributed by atoms with van der Waals surface area (Å²) in [5.74, 6) is 0.808. The van der Waals surface area contributed by atoms with Crippen LogP contribution in [0, 0.1) is 0 Å². The second-order valence-corrected chi connectivity index (χ2v) is 3.03. The minimum absolute atomic E-state index is 0.0142. The molecule has 4 heteroatoms. The van der Waals surface area contributed by atoms with Crippen LogP contribution in [-0.4, -0.2) is 24.5 Å². The van der Waals surface area contributed by atoms with Crippen molar-refractivity contribution >= 4 is 11.4 Å². The highest BCUT2D eigenvalue weighted by Crippen LogP contribution is 2.14. The van der Waals surface area contributed by atoms with Crippen molar-refractivity contribution in [1.29, 1.82) is 0 Å². The molecule has 15 heavy (non-hydrogen) atoms. The number of aliphatic hydroxyl groups is 1. The normalized spacial score (nSPS) is 11.3. The molecule has 0 fully saturated rings. The van der Waals surface area contributed by atoms with Crippen LogP contribution in [0.25, 0.3) is 0 Å². The van der Waals surface area contributed by atoms with Gasteiger partial charge in [0.1, 0.15) is 5.75 Å². The topological polar surface area (TPSA) is 53.9 Å². The largest absolute Gasteiger partial charge is 0.497 e. The molecule has 2 N–H and O–H groups in total. The van der Waals surface area contributed by atoms with Gasteiger partial charge in [-0.25, -0.2) is 0 Å². The number of hydrogen-bond acceptors (Lipinski definition) is 4. The number of benzene rings is 1. The fourth-order valence-corrected chi connectivity index (χ4v) is 1.04. The molecule has 82 valence electrons. The Kier molecular flexibility index (Phi) is 4.63. The molecule has 0 spiro atoms. The lowest BCUT2D eigenvalue weighted by molar-refractivity contribution is 0.355. The maximum Gasteiger partial charge on any atom is 0.119 e. The smallest absolute Gasteiger partial charge is 0.119 e. The third-order valence-electron chi connectivity index (χ3n) is 2.02. The molecule has 0 aliphatic carbocycles. The van der Waals surface area contributed by atoms with Gasteiger partial charge < -0.3 is 9.84 Å². The van der Waals surface area contributed by atoms with Crippen molar-refractivity contribution in [3.05, 3.63) is 24.3 Å². The summed E-state index contributed by atoms with van der Waals surface area (Å²) in [5, 5.41) is 13.0. The molecule has 0 saturated carbocycles. The van der Waals surface area contributed by atoms with Gasteiger partial charge in [-0.2, -0.15) is 5.10 Å². The first-order chi connectivity index (χ1) is 7.30. The van der Waals surface area contributed by atoms with Gasteiger partial charge in [-0.05, 0) is 30.7 Å². The maximum atomic E-state index is 8.90. The lowest BCUT2D eigenvalue weighted by Gasteiger charge is -2.04. The van der Waals surface area contributed by atoms with Crippen LogP contribution < -0.4 is 10.2 Å². The number of hydrogen-bond donors (Lipinski definition) is 2. The number of hydrazone groups is 1. The Morgan fingerprint density at radius 2 is 2.07 bits per heavy atom. The number of rotatable bonds is 5. The van der Waals surface area contributed by atoms with E-state index in [1.807, 2.05) is 31.2 Å². The minimum atomic E-state index is -0.0142. The van der Waals surface area contributed by atoms with E-state index in [4.69, 9.17) is 9.84 Å². The summed E-state index contributed by atoms with van der Waals surface area (Å²) in [4.78, 5) is 0. The Bertz CT molecular complexity index is 314. The summed E-state index contributed by atoms with van der Waals surface area (Å²) in [6, 6.07) is 7.44. The molecule has 0 radical (unpaired) electrons. The van der Waals surface area contributed by atoms with Crippen molar-refractivity contribution in [3.63, 3.8) is 0 Å². The van der Waals surface area contributed by atoms with E-state index >= 15 is 0 Å². The fourth-order valence-electron chi connectivity index (χ4n) is 1.04. The maximum absolute atomic E-state index is 8.90. The minimum Gasteiger partial charge on any atom is -0.497 e. The average Bonchev–Trinajstić information content (AvgIpc) is 2.31. The predicted molar refractivity (Wildman–Crippen MR) is 61.4 cm³/mol. The van der Waals surface area contributed by atoms with Gasteiger partial charge in [0.25, 0.3) is 0 Å². The summed E-state index contributed by atoms with van der Waals surface area (Å²) in [5.41, 5.74) is 4.47. The van der Waals surface area contributed by atoms with Crippen molar-refractivity contribution in [2.75, 3.05) is 19.1 Å². The van der Waals surface area contributed by atoms with Crippen LogP contribution in [0.15, 0.2) is 29.4 Å². The van der Waals surface area contributed by atoms with E-state index in [-0.39, 0.29) is 6.61 Å². The molecule has 1 aromatic rings. The van der Waals surface area contributed by atoms with Crippen molar-refractivity contribution in [1.82, 2.24) is 0 Å². The summed E-state index contributed by atoms with van der Waals surface area (Å²) < 4.78 is 5.03. The zero-order valence-corrected chi connectivity index (χ0v) is 9.03. The number of nitrogens with one attached hydrogen (secondary N) is 1. The predicted octanol–water partition coefficient (Wildman–Crippen LogP) is 1.87. The van der Waals surface area contributed by atoms with E-state index < -0.39 is 0 Å². The van der Waals surface area contributed by atoms with E-state index in [1.165, 1.54) is 0 Å². The third kappa shape index (κ3) is 3.59. The van der Waals surface area contributed by atoms with Gasteiger partial charge in [-0.15, -0.1) is 0 Å². The average molecular weight is 208 g/mol. The highest BCUT2D eigenvalue weighted by atomic mass is 16.5. The first kappa shape index (κ1) is 11.5. The van der Waals surface area contributed by atoms with Crippen molar-refractivity contribution in [3.8, 4) is 5.75 Å². The Labute approximate surface area is 89.6 Å². The zero-order chi connectivity index (χ0) is 11.1. The number of nitrogens with zero attached hydrogens (tertiary/aromatic N) is 1. The van der Waals surface area contributed by atoms with Gasteiger partial charge in [0.05, 0.1) is 25.1 Å². The number of aliphatic hydroxyl groups excluding tert-OH is 1. The SMILES string of the molecule is CCC(CO)=NNc1ccc(OC)cc1. The summed E-state index contributed by atoms with van der Waals surface area (Å²) in [7, 11) is 1.63. The van der Waals surface area contributed by atoms with Gasteiger partial charge in [0.15, 0.2) is 0 Å². The lowest BCUT2D eigenvalue weighted by Crippen LogP contribution is -2.05. The highest BCUT2D eigenvalue weighted by molar-refractivity contribution is 5.85.